The van der Waals surface area contributed by atoms with Gasteiger partial charge >= 0.3 is 0 Å². The summed E-state index contributed by atoms with van der Waals surface area (Å²) in [5.74, 6) is 0.672. The van der Waals surface area contributed by atoms with Gasteiger partial charge in [0, 0.05) is 30.9 Å². The van der Waals surface area contributed by atoms with Crippen molar-refractivity contribution in [3.05, 3.63) is 42.1 Å². The van der Waals surface area contributed by atoms with Crippen LogP contribution in [0, 0.1) is 0 Å². The van der Waals surface area contributed by atoms with Crippen molar-refractivity contribution >= 4 is 0 Å². The van der Waals surface area contributed by atoms with Crippen LogP contribution in [-0.4, -0.2) is 34.7 Å². The van der Waals surface area contributed by atoms with Crippen LogP contribution in [0.5, 0.6) is 5.88 Å². The van der Waals surface area contributed by atoms with Crippen LogP contribution in [0.4, 0.5) is 0 Å². The molecule has 0 spiro atoms. The Balaban J connectivity index is 1.99. The summed E-state index contributed by atoms with van der Waals surface area (Å²) in [6.07, 6.45) is 6.61. The van der Waals surface area contributed by atoms with Crippen LogP contribution < -0.4 is 10.1 Å². The number of likely N-dealkylation sites (N-methyl/N-ethyl adjacent to an activating group) is 1. The Kier molecular flexibility index (Phi) is 4.92. The van der Waals surface area contributed by atoms with E-state index in [0.29, 0.717) is 5.88 Å². The zero-order valence-electron chi connectivity index (χ0n) is 11.5. The second-order valence-corrected chi connectivity index (χ2v) is 4.31. The van der Waals surface area contributed by atoms with Crippen LogP contribution in [0.25, 0.3) is 0 Å². The fraction of sp³-hybridized carbons (Fsp3) is 0.429. The highest BCUT2D eigenvalue weighted by Crippen LogP contribution is 2.15. The molecule has 0 amide bonds. The number of nitrogens with zero attached hydrogens (tertiary/aromatic N) is 3. The van der Waals surface area contributed by atoms with E-state index in [4.69, 9.17) is 4.74 Å². The molecule has 102 valence electrons. The van der Waals surface area contributed by atoms with Crippen molar-refractivity contribution in [1.82, 2.24) is 19.9 Å². The molecule has 0 unspecified atom stereocenters. The van der Waals surface area contributed by atoms with Gasteiger partial charge < -0.3 is 14.6 Å². The van der Waals surface area contributed by atoms with E-state index in [2.05, 4.69) is 33.0 Å². The molecule has 2 heterocycles. The minimum absolute atomic E-state index is 0.672. The molecule has 2 aromatic rings. The highest BCUT2D eigenvalue weighted by Gasteiger charge is 2.05. The Morgan fingerprint density at radius 3 is 3.05 bits per heavy atom. The molecule has 1 N–H and O–H groups in total. The Bertz CT molecular complexity index is 510. The summed E-state index contributed by atoms with van der Waals surface area (Å²) in [4.78, 5) is 8.60. The number of aromatic nitrogens is 3. The predicted octanol–water partition coefficient (Wildman–Crippen LogP) is 1.49. The molecule has 0 saturated carbocycles. The van der Waals surface area contributed by atoms with Crippen LogP contribution >= 0.6 is 0 Å². The summed E-state index contributed by atoms with van der Waals surface area (Å²) in [6.45, 7) is 4.79. The van der Waals surface area contributed by atoms with Crippen molar-refractivity contribution in [1.29, 1.82) is 0 Å². The molecule has 0 aliphatic carbocycles. The van der Waals surface area contributed by atoms with E-state index >= 15 is 0 Å². The van der Waals surface area contributed by atoms with Gasteiger partial charge in [-0.15, -0.1) is 0 Å². The van der Waals surface area contributed by atoms with Gasteiger partial charge in [-0.2, -0.15) is 0 Å². The van der Waals surface area contributed by atoms with Crippen molar-refractivity contribution in [2.45, 2.75) is 19.9 Å². The van der Waals surface area contributed by atoms with E-state index in [9.17, 15) is 0 Å². The maximum Gasteiger partial charge on any atom is 0.218 e. The van der Waals surface area contributed by atoms with Gasteiger partial charge in [0.25, 0.3) is 0 Å². The molecule has 0 aromatic carbocycles. The Morgan fingerprint density at radius 1 is 1.37 bits per heavy atom. The first-order valence-electron chi connectivity index (χ1n) is 6.52. The van der Waals surface area contributed by atoms with E-state index in [0.717, 1.165) is 37.3 Å². The summed E-state index contributed by atoms with van der Waals surface area (Å²) >= 11 is 0. The number of nitrogens with one attached hydrogen (secondary N) is 1. The first-order valence-corrected chi connectivity index (χ1v) is 6.52. The van der Waals surface area contributed by atoms with Gasteiger partial charge in [-0.05, 0) is 12.6 Å². The lowest BCUT2D eigenvalue weighted by Gasteiger charge is -2.06. The van der Waals surface area contributed by atoms with Gasteiger partial charge in [0.15, 0.2) is 0 Å². The highest BCUT2D eigenvalue weighted by atomic mass is 16.5. The van der Waals surface area contributed by atoms with Crippen LogP contribution in [0.15, 0.2) is 30.9 Å². The number of rotatable bonds is 7. The highest BCUT2D eigenvalue weighted by molar-refractivity contribution is 5.25. The monoisotopic (exact) mass is 260 g/mol. The largest absolute Gasteiger partial charge is 0.481 e. The van der Waals surface area contributed by atoms with Crippen LogP contribution in [0.3, 0.4) is 0 Å². The molecule has 0 radical (unpaired) electrons. The average molecular weight is 260 g/mol. The number of pyridine rings is 1. The Labute approximate surface area is 113 Å². The normalized spacial score (nSPS) is 10.6. The van der Waals surface area contributed by atoms with E-state index in [1.807, 2.05) is 18.5 Å². The molecule has 0 aliphatic heterocycles. The van der Waals surface area contributed by atoms with Crippen LogP contribution in [-0.2, 0) is 13.0 Å². The van der Waals surface area contributed by atoms with E-state index in [1.54, 1.807) is 13.3 Å². The number of ether oxygens (including phenoxy) is 1. The maximum absolute atomic E-state index is 5.25. The third-order valence-electron chi connectivity index (χ3n) is 2.89. The molecule has 2 rings (SSSR count). The minimum Gasteiger partial charge on any atom is -0.481 e. The Hall–Kier alpha value is -1.88. The van der Waals surface area contributed by atoms with Crippen molar-refractivity contribution in [3.63, 3.8) is 0 Å². The first-order chi connectivity index (χ1) is 9.33. The molecule has 0 fully saturated rings. The van der Waals surface area contributed by atoms with E-state index in [-0.39, 0.29) is 0 Å². The lowest BCUT2D eigenvalue weighted by atomic mass is 10.2. The summed E-state index contributed by atoms with van der Waals surface area (Å²) < 4.78 is 7.31. The zero-order valence-corrected chi connectivity index (χ0v) is 11.5. The molecular formula is C14H20N4O. The van der Waals surface area contributed by atoms with Crippen molar-refractivity contribution < 1.29 is 4.74 Å². The van der Waals surface area contributed by atoms with E-state index in [1.165, 1.54) is 0 Å². The van der Waals surface area contributed by atoms with Gasteiger partial charge in [-0.25, -0.2) is 9.97 Å². The SMILES string of the molecule is CCNCCc1cn(Cc2cccnc2OC)cn1. The van der Waals surface area contributed by atoms with Crippen molar-refractivity contribution in [2.75, 3.05) is 20.2 Å². The molecule has 2 aromatic heterocycles. The maximum atomic E-state index is 5.25. The quantitative estimate of drug-likeness (QED) is 0.766. The Morgan fingerprint density at radius 2 is 2.26 bits per heavy atom. The summed E-state index contributed by atoms with van der Waals surface area (Å²) in [5, 5.41) is 3.29. The third-order valence-corrected chi connectivity index (χ3v) is 2.89. The lowest BCUT2D eigenvalue weighted by Crippen LogP contribution is -2.16. The fourth-order valence-corrected chi connectivity index (χ4v) is 1.94. The third kappa shape index (κ3) is 3.79. The van der Waals surface area contributed by atoms with E-state index < -0.39 is 0 Å². The minimum atomic E-state index is 0.672. The average Bonchev–Trinajstić information content (AvgIpc) is 2.87. The molecule has 19 heavy (non-hydrogen) atoms. The number of imidazole rings is 1. The predicted molar refractivity (Wildman–Crippen MR) is 74.4 cm³/mol. The van der Waals surface area contributed by atoms with Gasteiger partial charge in [-0.3, -0.25) is 0 Å². The van der Waals surface area contributed by atoms with Crippen LogP contribution in [0.2, 0.25) is 0 Å². The molecule has 0 aliphatic rings. The molecule has 0 bridgehead atoms. The number of hydrogen-bond acceptors (Lipinski definition) is 4. The van der Waals surface area contributed by atoms with Gasteiger partial charge in [0.1, 0.15) is 0 Å². The second-order valence-electron chi connectivity index (χ2n) is 4.31. The number of hydrogen-bond donors (Lipinski definition) is 1. The van der Waals surface area contributed by atoms with Gasteiger partial charge in [0.2, 0.25) is 5.88 Å². The number of methoxy groups -OCH3 is 1. The van der Waals surface area contributed by atoms with Crippen LogP contribution in [0.1, 0.15) is 18.2 Å². The topological polar surface area (TPSA) is 52.0 Å². The molecule has 5 nitrogen and oxygen atoms in total. The summed E-state index contributed by atoms with van der Waals surface area (Å²) in [7, 11) is 1.64. The summed E-state index contributed by atoms with van der Waals surface area (Å²) in [6, 6.07) is 3.94. The first kappa shape index (κ1) is 13.5. The fourth-order valence-electron chi connectivity index (χ4n) is 1.94. The van der Waals surface area contributed by atoms with Gasteiger partial charge in [0.05, 0.1) is 25.7 Å². The standard InChI is InChI=1S/C14H20N4O/c1-3-15-8-6-13-10-18(11-17-13)9-12-5-4-7-16-14(12)19-2/h4-5,7,10-11,15H,3,6,8-9H2,1-2H3. The van der Waals surface area contributed by atoms with Gasteiger partial charge in [-0.1, -0.05) is 13.0 Å². The lowest BCUT2D eigenvalue weighted by molar-refractivity contribution is 0.391. The van der Waals surface area contributed by atoms with Crippen molar-refractivity contribution in [2.24, 2.45) is 0 Å². The molecule has 0 saturated heterocycles. The molecule has 5 heteroatoms. The van der Waals surface area contributed by atoms with Crippen molar-refractivity contribution in [3.8, 4) is 5.88 Å². The second kappa shape index (κ2) is 6.89. The molecular weight excluding hydrogens is 240 g/mol. The summed E-state index contributed by atoms with van der Waals surface area (Å²) in [5.41, 5.74) is 2.16. The zero-order chi connectivity index (χ0) is 13.5. The smallest absolute Gasteiger partial charge is 0.218 e. The molecule has 0 atom stereocenters.